The van der Waals surface area contributed by atoms with Gasteiger partial charge in [-0.05, 0) is 38.5 Å². The number of rotatable bonds is 28. The second-order valence-electron chi connectivity index (χ2n) is 12.2. The van der Waals surface area contributed by atoms with E-state index >= 15 is 0 Å². The Morgan fingerprint density at radius 3 is 1.38 bits per heavy atom. The van der Waals surface area contributed by atoms with E-state index in [1.807, 2.05) is 0 Å². The van der Waals surface area contributed by atoms with Crippen molar-refractivity contribution in [3.05, 3.63) is 12.2 Å². The van der Waals surface area contributed by atoms with E-state index in [4.69, 9.17) is 0 Å². The van der Waals surface area contributed by atoms with Crippen LogP contribution in [0.2, 0.25) is 0 Å². The molecule has 3 atom stereocenters. The van der Waals surface area contributed by atoms with Gasteiger partial charge in [0.1, 0.15) is 0 Å². The van der Waals surface area contributed by atoms with Crippen LogP contribution in [0.15, 0.2) is 12.2 Å². The summed E-state index contributed by atoms with van der Waals surface area (Å²) in [7, 11) is 0. The van der Waals surface area contributed by atoms with Crippen molar-refractivity contribution in [2.75, 3.05) is 26.2 Å². The smallest absolute Gasteiger partial charge is 0.306 e. The molecule has 0 heterocycles. The van der Waals surface area contributed by atoms with Gasteiger partial charge in [-0.3, -0.25) is 9.59 Å². The third kappa shape index (κ3) is 20.1. The highest BCUT2D eigenvalue weighted by atomic mass is 16.4. The van der Waals surface area contributed by atoms with Crippen LogP contribution < -0.4 is 5.11 Å². The lowest BCUT2D eigenvalue weighted by Crippen LogP contribution is -2.52. The van der Waals surface area contributed by atoms with Gasteiger partial charge in [0.25, 0.3) is 0 Å². The fourth-order valence-electron chi connectivity index (χ4n) is 5.13. The highest BCUT2D eigenvalue weighted by molar-refractivity contribution is 5.69. The first kappa shape index (κ1) is 38.1. The van der Waals surface area contributed by atoms with E-state index in [0.717, 1.165) is 25.8 Å². The maximum Gasteiger partial charge on any atom is 0.306 e. The quantitative estimate of drug-likeness (QED) is 0.0608. The monoisotopic (exact) mass is 567 g/mol. The Morgan fingerprint density at radius 2 is 0.975 bits per heavy atom. The summed E-state index contributed by atoms with van der Waals surface area (Å²) in [6, 6.07) is 0. The first-order chi connectivity index (χ1) is 19.0. The lowest BCUT2D eigenvalue weighted by atomic mass is 10.0. The second-order valence-corrected chi connectivity index (χ2v) is 12.2. The number of hydrogen-bond donors (Lipinski definition) is 2. The van der Waals surface area contributed by atoms with E-state index in [0.29, 0.717) is 43.4 Å². The number of carboxylic acids is 3. The number of allylic oxidation sites excluding steroid dienone is 2. The molecule has 0 rings (SSSR count). The highest BCUT2D eigenvalue weighted by Crippen LogP contribution is 2.22. The zero-order valence-electron chi connectivity index (χ0n) is 26.2. The molecule has 0 amide bonds. The molecule has 0 saturated carbocycles. The summed E-state index contributed by atoms with van der Waals surface area (Å²) < 4.78 is 0.582. The van der Waals surface area contributed by atoms with E-state index < -0.39 is 35.7 Å². The maximum atomic E-state index is 11.5. The van der Waals surface area contributed by atoms with Crippen LogP contribution in [-0.4, -0.2) is 58.8 Å². The van der Waals surface area contributed by atoms with Crippen molar-refractivity contribution in [3.63, 3.8) is 0 Å². The summed E-state index contributed by atoms with van der Waals surface area (Å²) in [6.07, 6.45) is 23.3. The Labute approximate surface area is 245 Å². The van der Waals surface area contributed by atoms with Crippen molar-refractivity contribution in [2.24, 2.45) is 17.8 Å². The molecule has 7 nitrogen and oxygen atoms in total. The van der Waals surface area contributed by atoms with Gasteiger partial charge in [-0.25, -0.2) is 0 Å². The third-order valence-electron chi connectivity index (χ3n) is 8.50. The van der Waals surface area contributed by atoms with Crippen molar-refractivity contribution in [3.8, 4) is 0 Å². The Hall–Kier alpha value is -1.89. The van der Waals surface area contributed by atoms with Crippen LogP contribution in [0.5, 0.6) is 0 Å². The Morgan fingerprint density at radius 1 is 0.600 bits per heavy atom. The van der Waals surface area contributed by atoms with Gasteiger partial charge < -0.3 is 24.6 Å². The number of hydrogen-bond acceptors (Lipinski definition) is 4. The van der Waals surface area contributed by atoms with E-state index in [1.165, 1.54) is 70.6 Å². The molecule has 0 aliphatic rings. The van der Waals surface area contributed by atoms with E-state index in [9.17, 15) is 29.7 Å². The molecule has 40 heavy (non-hydrogen) atoms. The molecule has 0 aromatic heterocycles. The van der Waals surface area contributed by atoms with Gasteiger partial charge in [0.2, 0.25) is 0 Å². The molecule has 0 radical (unpaired) electrons. The number of nitrogens with zero attached hydrogens (tertiary/aromatic N) is 1. The van der Waals surface area contributed by atoms with Crippen molar-refractivity contribution < 1.29 is 34.2 Å². The zero-order chi connectivity index (χ0) is 30.2. The van der Waals surface area contributed by atoms with Crippen molar-refractivity contribution in [2.45, 2.75) is 137 Å². The molecule has 2 N–H and O–H groups in total. The predicted molar refractivity (Wildman–Crippen MR) is 161 cm³/mol. The van der Waals surface area contributed by atoms with Crippen LogP contribution in [-0.2, 0) is 14.4 Å². The van der Waals surface area contributed by atoms with Crippen molar-refractivity contribution in [1.29, 1.82) is 0 Å². The fraction of sp³-hybridized carbons (Fsp3) is 0.848. The topological polar surface area (TPSA) is 115 Å². The molecule has 3 unspecified atom stereocenters. The summed E-state index contributed by atoms with van der Waals surface area (Å²) in [4.78, 5) is 34.3. The minimum Gasteiger partial charge on any atom is -0.550 e. The van der Waals surface area contributed by atoms with Crippen LogP contribution in [0.1, 0.15) is 137 Å². The number of carbonyl (C=O) groups is 3. The maximum absolute atomic E-state index is 11.5. The van der Waals surface area contributed by atoms with Gasteiger partial charge in [0.15, 0.2) is 0 Å². The molecule has 0 aromatic carbocycles. The summed E-state index contributed by atoms with van der Waals surface area (Å²) in [6.45, 7) is 9.95. The SMILES string of the molecule is CCCCCC/C=C/CCCCCCCCCC[N+](CCC(C)C(=O)[O-])(CCC(C)C(=O)O)CCC(C)C(=O)O. The number of carboxylic acid groups (broad SMARTS) is 3. The number of quaternary nitrogens is 1. The molecule has 0 spiro atoms. The normalized spacial score (nSPS) is 15.5. The molecule has 0 saturated heterocycles. The van der Waals surface area contributed by atoms with E-state index in [-0.39, 0.29) is 0 Å². The van der Waals surface area contributed by atoms with Crippen molar-refractivity contribution >= 4 is 17.9 Å². The summed E-state index contributed by atoms with van der Waals surface area (Å²) >= 11 is 0. The molecular formula is C33H61NO6. The second kappa shape index (κ2) is 23.8. The molecular weight excluding hydrogens is 506 g/mol. The fourth-order valence-corrected chi connectivity index (χ4v) is 5.13. The van der Waals surface area contributed by atoms with Gasteiger partial charge >= 0.3 is 11.9 Å². The Kier molecular flexibility index (Phi) is 22.7. The van der Waals surface area contributed by atoms with Gasteiger partial charge in [-0.1, -0.05) is 91.2 Å². The average molecular weight is 568 g/mol. The first-order valence-electron chi connectivity index (χ1n) is 16.2. The van der Waals surface area contributed by atoms with Gasteiger partial charge in [-0.2, -0.15) is 0 Å². The Balaban J connectivity index is 4.65. The number of unbranched alkanes of at least 4 members (excludes halogenated alkanes) is 12. The highest BCUT2D eigenvalue weighted by Gasteiger charge is 2.30. The van der Waals surface area contributed by atoms with Gasteiger partial charge in [-0.15, -0.1) is 0 Å². The van der Waals surface area contributed by atoms with Crippen LogP contribution in [0.3, 0.4) is 0 Å². The summed E-state index contributed by atoms with van der Waals surface area (Å²) in [5.41, 5.74) is 0. The van der Waals surface area contributed by atoms with Crippen molar-refractivity contribution in [1.82, 2.24) is 0 Å². The molecule has 234 valence electrons. The van der Waals surface area contributed by atoms with E-state index in [1.54, 1.807) is 20.8 Å². The molecule has 0 aliphatic carbocycles. The molecule has 7 heteroatoms. The molecule has 0 aliphatic heterocycles. The first-order valence-corrected chi connectivity index (χ1v) is 16.2. The van der Waals surface area contributed by atoms with Crippen LogP contribution in [0, 0.1) is 17.8 Å². The van der Waals surface area contributed by atoms with Crippen LogP contribution >= 0.6 is 0 Å². The predicted octanol–water partition coefficient (Wildman–Crippen LogP) is 6.84. The Bertz CT molecular complexity index is 647. The summed E-state index contributed by atoms with van der Waals surface area (Å²) in [5.74, 6) is -4.32. The van der Waals surface area contributed by atoms with E-state index in [2.05, 4.69) is 19.1 Å². The van der Waals surface area contributed by atoms with Crippen LogP contribution in [0.25, 0.3) is 0 Å². The largest absolute Gasteiger partial charge is 0.550 e. The molecule has 0 aromatic rings. The van der Waals surface area contributed by atoms with Gasteiger partial charge in [0.05, 0.1) is 38.0 Å². The third-order valence-corrected chi connectivity index (χ3v) is 8.50. The minimum absolute atomic E-state index is 0.444. The minimum atomic E-state index is -1.07. The summed E-state index contributed by atoms with van der Waals surface area (Å²) in [5, 5.41) is 30.2. The van der Waals surface area contributed by atoms with Crippen LogP contribution in [0.4, 0.5) is 0 Å². The lowest BCUT2D eigenvalue weighted by molar-refractivity contribution is -0.929. The lowest BCUT2D eigenvalue weighted by Gasteiger charge is -2.41. The number of carbonyl (C=O) groups excluding carboxylic acids is 1. The molecule has 0 fully saturated rings. The standard InChI is InChI=1S/C33H61NO6/c1-5-6-7-8-9-10-11-12-13-14-15-16-17-18-19-20-24-34(25-21-28(2)31(35)36,26-22-29(3)32(37)38)27-23-30(4)33(39)40/h10-11,28-30H,5-9,12-27H2,1-4H3,(H2-,35,36,37,38,39,40)/b11-10+. The van der Waals surface area contributed by atoms with Gasteiger partial charge in [0, 0.05) is 31.1 Å². The molecule has 0 bridgehead atoms. The zero-order valence-corrected chi connectivity index (χ0v) is 26.2. The number of aliphatic carboxylic acids is 3. The average Bonchev–Trinajstić information content (AvgIpc) is 2.92.